The molecule has 0 aliphatic heterocycles. The summed E-state index contributed by atoms with van der Waals surface area (Å²) in [6.07, 6.45) is -13.0. The maximum Gasteiger partial charge on any atom is 0.432 e. The first kappa shape index (κ1) is 15.4. The molecule has 16 heavy (non-hydrogen) atoms. The van der Waals surface area contributed by atoms with Crippen LogP contribution in [-0.2, 0) is 0 Å². The molecule has 0 aromatic rings. The molecule has 0 radical (unpaired) electrons. The summed E-state index contributed by atoms with van der Waals surface area (Å²) in [5.41, 5.74) is -6.04. The van der Waals surface area contributed by atoms with Crippen LogP contribution >= 0.6 is 0 Å². The molecule has 1 nitrogen and oxygen atoms in total. The third-order valence-corrected chi connectivity index (χ3v) is 2.03. The quantitative estimate of drug-likeness (QED) is 0.756. The average Bonchev–Trinajstić information content (AvgIpc) is 1.97. The van der Waals surface area contributed by atoms with Gasteiger partial charge in [0.2, 0.25) is 0 Å². The lowest BCUT2D eigenvalue weighted by molar-refractivity contribution is -0.428. The molecule has 0 spiro atoms. The van der Waals surface area contributed by atoms with Crippen molar-refractivity contribution < 1.29 is 40.2 Å². The molecule has 98 valence electrons. The molecule has 9 heteroatoms. The largest absolute Gasteiger partial charge is 0.432 e. The van der Waals surface area contributed by atoms with Crippen LogP contribution in [0.25, 0.3) is 0 Å². The van der Waals surface area contributed by atoms with Gasteiger partial charge >= 0.3 is 18.0 Å². The van der Waals surface area contributed by atoms with E-state index in [0.29, 0.717) is 13.8 Å². The Morgan fingerprint density at radius 3 is 1.06 bits per heavy atom. The van der Waals surface area contributed by atoms with E-state index in [-0.39, 0.29) is 0 Å². The molecule has 1 N–H and O–H groups in total. The van der Waals surface area contributed by atoms with E-state index < -0.39 is 29.8 Å². The Bertz CT molecular complexity index is 236. The number of halogens is 8. The number of alkyl halides is 8. The van der Waals surface area contributed by atoms with Crippen molar-refractivity contribution in [3.8, 4) is 0 Å². The second-order valence-electron chi connectivity index (χ2n) is 3.48. The van der Waals surface area contributed by atoms with E-state index in [1.807, 2.05) is 0 Å². The highest BCUT2D eigenvalue weighted by molar-refractivity contribution is 5.05. The van der Waals surface area contributed by atoms with E-state index in [9.17, 15) is 35.1 Å². The van der Waals surface area contributed by atoms with Crippen LogP contribution in [0, 0.1) is 5.92 Å². The van der Waals surface area contributed by atoms with E-state index in [2.05, 4.69) is 0 Å². The van der Waals surface area contributed by atoms with E-state index in [4.69, 9.17) is 5.11 Å². The fourth-order valence-corrected chi connectivity index (χ4v) is 0.956. The van der Waals surface area contributed by atoms with Gasteiger partial charge in [0, 0.05) is 5.92 Å². The Morgan fingerprint density at radius 2 is 1.00 bits per heavy atom. The third kappa shape index (κ3) is 1.96. The van der Waals surface area contributed by atoms with Gasteiger partial charge < -0.3 is 5.11 Å². The molecule has 0 fully saturated rings. The highest BCUT2D eigenvalue weighted by atomic mass is 19.4. The SMILES string of the molecule is CC(C)C(F)(F)C(O)(C(F)(F)F)C(F)(F)F. The lowest BCUT2D eigenvalue weighted by Gasteiger charge is -2.40. The number of hydrogen-bond acceptors (Lipinski definition) is 1. The van der Waals surface area contributed by atoms with Crippen molar-refractivity contribution in [2.45, 2.75) is 37.7 Å². The molecular weight excluding hydrogens is 252 g/mol. The summed E-state index contributed by atoms with van der Waals surface area (Å²) < 4.78 is 97.8. The van der Waals surface area contributed by atoms with Crippen LogP contribution in [0.4, 0.5) is 35.1 Å². The predicted molar refractivity (Wildman–Crippen MR) is 36.8 cm³/mol. The molecule has 0 rings (SSSR count). The van der Waals surface area contributed by atoms with Gasteiger partial charge in [-0.15, -0.1) is 0 Å². The smallest absolute Gasteiger partial charge is 0.369 e. The van der Waals surface area contributed by atoms with Crippen molar-refractivity contribution >= 4 is 0 Å². The maximum atomic E-state index is 12.9. The number of hydrogen-bond donors (Lipinski definition) is 1. The van der Waals surface area contributed by atoms with Crippen molar-refractivity contribution in [1.29, 1.82) is 0 Å². The Balaban J connectivity index is 5.81. The van der Waals surface area contributed by atoms with Gasteiger partial charge in [0.25, 0.3) is 5.92 Å². The zero-order valence-electron chi connectivity index (χ0n) is 8.05. The van der Waals surface area contributed by atoms with Crippen molar-refractivity contribution in [3.05, 3.63) is 0 Å². The zero-order chi connectivity index (χ0) is 13.6. The molecule has 0 saturated carbocycles. The summed E-state index contributed by atoms with van der Waals surface area (Å²) in [5.74, 6) is -7.70. The van der Waals surface area contributed by atoms with Crippen LogP contribution in [0.1, 0.15) is 13.8 Å². The first-order chi connectivity index (χ1) is 6.69. The summed E-state index contributed by atoms with van der Waals surface area (Å²) in [6.45, 7) is 0.894. The first-order valence-corrected chi connectivity index (χ1v) is 3.93. The summed E-state index contributed by atoms with van der Waals surface area (Å²) in [5, 5.41) is 8.38. The monoisotopic (exact) mass is 260 g/mol. The van der Waals surface area contributed by atoms with E-state index >= 15 is 0 Å². The second-order valence-corrected chi connectivity index (χ2v) is 3.48. The number of rotatable bonds is 2. The Labute approximate surface area is 85.0 Å². The minimum Gasteiger partial charge on any atom is -0.369 e. The van der Waals surface area contributed by atoms with Crippen LogP contribution in [-0.4, -0.2) is 29.0 Å². The maximum absolute atomic E-state index is 12.9. The Morgan fingerprint density at radius 1 is 0.750 bits per heavy atom. The zero-order valence-corrected chi connectivity index (χ0v) is 8.05. The lowest BCUT2D eigenvalue weighted by atomic mass is 9.86. The molecular formula is C7H8F8O. The minimum absolute atomic E-state index is 0.447. The van der Waals surface area contributed by atoms with Gasteiger partial charge in [-0.25, -0.2) is 8.78 Å². The molecule has 0 aromatic carbocycles. The fraction of sp³-hybridized carbons (Fsp3) is 1.00. The summed E-state index contributed by atoms with van der Waals surface area (Å²) in [6, 6.07) is 0. The van der Waals surface area contributed by atoms with Gasteiger partial charge in [0.05, 0.1) is 0 Å². The highest BCUT2D eigenvalue weighted by Gasteiger charge is 2.82. The summed E-state index contributed by atoms with van der Waals surface area (Å²) in [7, 11) is 0. The Kier molecular flexibility index (Phi) is 3.57. The van der Waals surface area contributed by atoms with Crippen molar-refractivity contribution in [3.63, 3.8) is 0 Å². The van der Waals surface area contributed by atoms with E-state index in [0.717, 1.165) is 0 Å². The predicted octanol–water partition coefficient (Wildman–Crippen LogP) is 3.13. The van der Waals surface area contributed by atoms with E-state index in [1.165, 1.54) is 0 Å². The second kappa shape index (κ2) is 3.71. The first-order valence-electron chi connectivity index (χ1n) is 3.93. The van der Waals surface area contributed by atoms with Gasteiger partial charge in [0.1, 0.15) is 0 Å². The molecule has 0 heterocycles. The van der Waals surface area contributed by atoms with Gasteiger partial charge in [0.15, 0.2) is 0 Å². The third-order valence-electron chi connectivity index (χ3n) is 2.03. The Hall–Kier alpha value is -0.600. The molecule has 0 aliphatic rings. The molecule has 0 amide bonds. The van der Waals surface area contributed by atoms with Crippen molar-refractivity contribution in [2.24, 2.45) is 5.92 Å². The van der Waals surface area contributed by atoms with Crippen LogP contribution in [0.2, 0.25) is 0 Å². The molecule has 0 atom stereocenters. The average molecular weight is 260 g/mol. The molecule has 0 aliphatic carbocycles. The summed E-state index contributed by atoms with van der Waals surface area (Å²) >= 11 is 0. The molecule has 0 saturated heterocycles. The van der Waals surface area contributed by atoms with Crippen molar-refractivity contribution in [2.75, 3.05) is 0 Å². The molecule has 0 unspecified atom stereocenters. The highest BCUT2D eigenvalue weighted by Crippen LogP contribution is 2.53. The van der Waals surface area contributed by atoms with Gasteiger partial charge in [-0.1, -0.05) is 13.8 Å². The van der Waals surface area contributed by atoms with E-state index in [1.54, 1.807) is 0 Å². The fourth-order valence-electron chi connectivity index (χ4n) is 0.956. The van der Waals surface area contributed by atoms with Gasteiger partial charge in [-0.3, -0.25) is 0 Å². The number of aliphatic hydroxyl groups is 1. The van der Waals surface area contributed by atoms with Crippen molar-refractivity contribution in [1.82, 2.24) is 0 Å². The van der Waals surface area contributed by atoms with Gasteiger partial charge in [-0.2, -0.15) is 26.3 Å². The minimum atomic E-state index is -6.51. The summed E-state index contributed by atoms with van der Waals surface area (Å²) in [4.78, 5) is 0. The topological polar surface area (TPSA) is 20.2 Å². The van der Waals surface area contributed by atoms with Gasteiger partial charge in [-0.05, 0) is 0 Å². The van der Waals surface area contributed by atoms with Crippen LogP contribution in [0.15, 0.2) is 0 Å². The lowest BCUT2D eigenvalue weighted by Crippen LogP contribution is -2.69. The van der Waals surface area contributed by atoms with Crippen LogP contribution < -0.4 is 0 Å². The van der Waals surface area contributed by atoms with Crippen LogP contribution in [0.5, 0.6) is 0 Å². The normalized spacial score (nSPS) is 15.8. The standard InChI is InChI=1S/C7H8F8O/c1-3(2)4(8,9)5(16,6(10,11)12)7(13,14)15/h3,16H,1-2H3. The molecule has 0 bridgehead atoms. The van der Waals surface area contributed by atoms with Crippen LogP contribution in [0.3, 0.4) is 0 Å². The molecule has 0 aromatic heterocycles.